The minimum atomic E-state index is -0.568. The minimum absolute atomic E-state index is 0.0386. The Balaban J connectivity index is 1.23. The van der Waals surface area contributed by atoms with Gasteiger partial charge in [-0.1, -0.05) is 42.8 Å². The second-order valence-electron chi connectivity index (χ2n) is 10.4. The third-order valence-electron chi connectivity index (χ3n) is 7.88. The molecule has 2 unspecified atom stereocenters. The van der Waals surface area contributed by atoms with Crippen molar-refractivity contribution in [3.8, 4) is 0 Å². The molecule has 5 rings (SSSR count). The number of ketones is 2. The standard InChI is InChI=1S/C30H34N2O4S/c33-25-13-11-22(23-12-14-27(34)31-30(23)36)29(35)24-5-4-6-26(28(24)25)37-18-15-20-7-9-21(10-8-20)19-32-16-2-1-3-17-32/h4-10,22-23H,1-3,11-19H2,(H,31,34,36). The van der Waals surface area contributed by atoms with Gasteiger partial charge >= 0.3 is 0 Å². The van der Waals surface area contributed by atoms with Crippen LogP contribution in [0.5, 0.6) is 0 Å². The molecule has 1 aliphatic carbocycles. The van der Waals surface area contributed by atoms with Crippen LogP contribution in [0.25, 0.3) is 0 Å². The van der Waals surface area contributed by atoms with Crippen LogP contribution in [0.3, 0.4) is 0 Å². The quantitative estimate of drug-likeness (QED) is 0.321. The number of thioether (sulfide) groups is 1. The predicted molar refractivity (Wildman–Crippen MR) is 144 cm³/mol. The Morgan fingerprint density at radius 3 is 2.32 bits per heavy atom. The zero-order valence-electron chi connectivity index (χ0n) is 21.2. The summed E-state index contributed by atoms with van der Waals surface area (Å²) < 4.78 is 0. The normalized spacial score (nSPS) is 22.9. The first-order valence-electron chi connectivity index (χ1n) is 13.5. The van der Waals surface area contributed by atoms with Crippen molar-refractivity contribution in [1.29, 1.82) is 0 Å². The summed E-state index contributed by atoms with van der Waals surface area (Å²) in [6.45, 7) is 3.39. The Labute approximate surface area is 222 Å². The number of benzene rings is 2. The van der Waals surface area contributed by atoms with Gasteiger partial charge in [0.1, 0.15) is 0 Å². The van der Waals surface area contributed by atoms with Gasteiger partial charge in [0.15, 0.2) is 11.6 Å². The first-order chi connectivity index (χ1) is 18.0. The molecule has 2 aliphatic heterocycles. The number of carbonyl (C=O) groups excluding carboxylic acids is 4. The number of amides is 2. The lowest BCUT2D eigenvalue weighted by Crippen LogP contribution is -2.45. The van der Waals surface area contributed by atoms with E-state index in [-0.39, 0.29) is 30.3 Å². The van der Waals surface area contributed by atoms with Crippen molar-refractivity contribution in [1.82, 2.24) is 10.2 Å². The zero-order valence-corrected chi connectivity index (χ0v) is 22.0. The largest absolute Gasteiger partial charge is 0.299 e. The van der Waals surface area contributed by atoms with Gasteiger partial charge in [0.2, 0.25) is 11.8 Å². The van der Waals surface area contributed by atoms with Crippen LogP contribution in [0, 0.1) is 11.8 Å². The number of nitrogens with zero attached hydrogens (tertiary/aromatic N) is 1. The molecule has 0 radical (unpaired) electrons. The van der Waals surface area contributed by atoms with Crippen LogP contribution < -0.4 is 5.32 Å². The van der Waals surface area contributed by atoms with E-state index in [0.717, 1.165) is 23.6 Å². The van der Waals surface area contributed by atoms with E-state index in [2.05, 4.69) is 34.5 Å². The molecule has 2 fully saturated rings. The summed E-state index contributed by atoms with van der Waals surface area (Å²) in [6.07, 6.45) is 5.97. The average molecular weight is 519 g/mol. The molecule has 1 N–H and O–H groups in total. The molecule has 2 aromatic carbocycles. The summed E-state index contributed by atoms with van der Waals surface area (Å²) in [5.41, 5.74) is 3.53. The van der Waals surface area contributed by atoms with E-state index < -0.39 is 17.7 Å². The maximum Gasteiger partial charge on any atom is 0.230 e. The van der Waals surface area contributed by atoms with E-state index in [1.54, 1.807) is 17.8 Å². The lowest BCUT2D eigenvalue weighted by atomic mass is 9.79. The average Bonchev–Trinajstić information content (AvgIpc) is 3.03. The fourth-order valence-corrected chi connectivity index (χ4v) is 6.93. The Hall–Kier alpha value is -2.77. The molecule has 0 saturated carbocycles. The van der Waals surface area contributed by atoms with Gasteiger partial charge in [-0.15, -0.1) is 11.8 Å². The topological polar surface area (TPSA) is 83.6 Å². The van der Waals surface area contributed by atoms with Crippen LogP contribution >= 0.6 is 11.8 Å². The van der Waals surface area contributed by atoms with Crippen LogP contribution in [-0.2, 0) is 22.6 Å². The number of carbonyl (C=O) groups is 4. The van der Waals surface area contributed by atoms with Crippen LogP contribution in [0.4, 0.5) is 0 Å². The summed E-state index contributed by atoms with van der Waals surface area (Å²) >= 11 is 1.61. The van der Waals surface area contributed by atoms with Crippen LogP contribution in [-0.4, -0.2) is 47.1 Å². The van der Waals surface area contributed by atoms with E-state index in [1.165, 1.54) is 43.5 Å². The van der Waals surface area contributed by atoms with E-state index >= 15 is 0 Å². The van der Waals surface area contributed by atoms with Crippen molar-refractivity contribution in [3.05, 3.63) is 64.7 Å². The summed E-state index contributed by atoms with van der Waals surface area (Å²) in [4.78, 5) is 54.0. The minimum Gasteiger partial charge on any atom is -0.299 e. The molecule has 3 aliphatic rings. The molecule has 2 atom stereocenters. The summed E-state index contributed by atoms with van der Waals surface area (Å²) in [5.74, 6) is -1.20. The fraction of sp³-hybridized carbons (Fsp3) is 0.467. The molecule has 2 saturated heterocycles. The smallest absolute Gasteiger partial charge is 0.230 e. The van der Waals surface area contributed by atoms with Crippen molar-refractivity contribution in [2.24, 2.45) is 11.8 Å². The van der Waals surface area contributed by atoms with Crippen molar-refractivity contribution >= 4 is 35.1 Å². The maximum atomic E-state index is 13.5. The van der Waals surface area contributed by atoms with Gasteiger partial charge in [-0.05, 0) is 62.4 Å². The van der Waals surface area contributed by atoms with Gasteiger partial charge < -0.3 is 0 Å². The number of rotatable bonds is 7. The highest BCUT2D eigenvalue weighted by molar-refractivity contribution is 7.99. The molecule has 6 nitrogen and oxygen atoms in total. The molecule has 0 bridgehead atoms. The number of likely N-dealkylation sites (tertiary alicyclic amines) is 1. The van der Waals surface area contributed by atoms with E-state index in [0.29, 0.717) is 24.0 Å². The Morgan fingerprint density at radius 1 is 0.838 bits per heavy atom. The van der Waals surface area contributed by atoms with Crippen molar-refractivity contribution < 1.29 is 19.2 Å². The highest BCUT2D eigenvalue weighted by Gasteiger charge is 2.40. The van der Waals surface area contributed by atoms with Crippen LogP contribution in [0.15, 0.2) is 47.4 Å². The molecule has 2 aromatic rings. The van der Waals surface area contributed by atoms with Crippen LogP contribution in [0.2, 0.25) is 0 Å². The van der Waals surface area contributed by atoms with Gasteiger partial charge in [-0.3, -0.25) is 29.4 Å². The molecule has 194 valence electrons. The SMILES string of the molecule is O=C1CCC(C2CCC(=O)c3c(SCCc4ccc(CN5CCCCC5)cc4)cccc3C2=O)C(=O)N1. The lowest BCUT2D eigenvalue weighted by molar-refractivity contribution is -0.137. The number of aryl methyl sites for hydroxylation is 1. The van der Waals surface area contributed by atoms with E-state index in [1.807, 2.05) is 12.1 Å². The maximum absolute atomic E-state index is 13.5. The van der Waals surface area contributed by atoms with Gasteiger partial charge in [-0.2, -0.15) is 0 Å². The van der Waals surface area contributed by atoms with Gasteiger partial charge in [0.25, 0.3) is 0 Å². The lowest BCUT2D eigenvalue weighted by Gasteiger charge is -2.27. The summed E-state index contributed by atoms with van der Waals surface area (Å²) in [7, 11) is 0. The highest BCUT2D eigenvalue weighted by atomic mass is 32.2. The molecular weight excluding hydrogens is 484 g/mol. The molecule has 37 heavy (non-hydrogen) atoms. The highest BCUT2D eigenvalue weighted by Crippen LogP contribution is 2.36. The first kappa shape index (κ1) is 25.9. The van der Waals surface area contributed by atoms with Crippen molar-refractivity contribution in [3.63, 3.8) is 0 Å². The third kappa shape index (κ3) is 6.04. The number of fused-ring (bicyclic) bond motifs is 1. The monoisotopic (exact) mass is 518 g/mol. The number of piperidine rings is 2. The molecule has 2 amide bonds. The van der Waals surface area contributed by atoms with E-state index in [4.69, 9.17) is 0 Å². The molecule has 0 spiro atoms. The molecule has 2 heterocycles. The third-order valence-corrected chi connectivity index (χ3v) is 8.94. The first-order valence-corrected chi connectivity index (χ1v) is 14.5. The predicted octanol–water partition coefficient (Wildman–Crippen LogP) is 4.84. The van der Waals surface area contributed by atoms with Crippen LogP contribution in [0.1, 0.15) is 76.8 Å². The Bertz CT molecular complexity index is 1190. The number of hydrogen-bond acceptors (Lipinski definition) is 6. The fourth-order valence-electron chi connectivity index (χ4n) is 5.83. The number of Topliss-reactive ketones (excluding diaryl/α,β-unsaturated/α-hetero) is 2. The van der Waals surface area contributed by atoms with Gasteiger partial charge in [0, 0.05) is 53.0 Å². The number of nitrogens with one attached hydrogen (secondary N) is 1. The number of hydrogen-bond donors (Lipinski definition) is 1. The molecular formula is C30H34N2O4S. The second-order valence-corrected chi connectivity index (χ2v) is 11.6. The second kappa shape index (κ2) is 11.7. The zero-order chi connectivity index (χ0) is 25.8. The Morgan fingerprint density at radius 2 is 1.57 bits per heavy atom. The number of imide groups is 1. The van der Waals surface area contributed by atoms with Crippen molar-refractivity contribution in [2.45, 2.75) is 62.8 Å². The molecule has 7 heteroatoms. The van der Waals surface area contributed by atoms with Gasteiger partial charge in [0.05, 0.1) is 0 Å². The van der Waals surface area contributed by atoms with E-state index in [9.17, 15) is 19.2 Å². The van der Waals surface area contributed by atoms with Crippen molar-refractivity contribution in [2.75, 3.05) is 18.8 Å². The summed E-state index contributed by atoms with van der Waals surface area (Å²) in [6, 6.07) is 14.3. The van der Waals surface area contributed by atoms with Gasteiger partial charge in [-0.25, -0.2) is 0 Å². The Kier molecular flexibility index (Phi) is 8.20. The summed E-state index contributed by atoms with van der Waals surface area (Å²) in [5, 5.41) is 2.36. The molecule has 0 aromatic heterocycles.